The average Bonchev–Trinajstić information content (AvgIpc) is 3.14. The molecule has 0 radical (unpaired) electrons. The van der Waals surface area contributed by atoms with Crippen LogP contribution in [0.3, 0.4) is 0 Å². The smallest absolute Gasteiger partial charge is 0.270 e. The monoisotopic (exact) mass is 341 g/mol. The molecule has 1 aliphatic rings. The van der Waals surface area contributed by atoms with E-state index in [2.05, 4.69) is 4.98 Å². The van der Waals surface area contributed by atoms with Crippen molar-refractivity contribution in [3.05, 3.63) is 52.8 Å². The Bertz CT molecular complexity index is 775. The van der Waals surface area contributed by atoms with Gasteiger partial charge in [0.1, 0.15) is 11.4 Å². The number of H-pyrrole nitrogens is 1. The minimum Gasteiger partial charge on any atom is -0.496 e. The van der Waals surface area contributed by atoms with E-state index in [-0.39, 0.29) is 11.8 Å². The molecule has 25 heavy (non-hydrogen) atoms. The molecule has 1 aromatic carbocycles. The van der Waals surface area contributed by atoms with E-state index in [1.54, 1.807) is 35.2 Å². The van der Waals surface area contributed by atoms with Crippen molar-refractivity contribution in [3.8, 4) is 5.75 Å². The minimum absolute atomic E-state index is 0.0267. The molecule has 6 heteroatoms. The lowest BCUT2D eigenvalue weighted by Gasteiger charge is -2.35. The van der Waals surface area contributed by atoms with E-state index in [9.17, 15) is 9.59 Å². The Balaban J connectivity index is 1.71. The second-order valence-corrected chi connectivity index (χ2v) is 6.33. The van der Waals surface area contributed by atoms with Gasteiger partial charge in [-0.3, -0.25) is 9.59 Å². The third kappa shape index (κ3) is 3.38. The number of aromatic amines is 1. The second-order valence-electron chi connectivity index (χ2n) is 6.33. The van der Waals surface area contributed by atoms with E-state index in [0.717, 1.165) is 11.1 Å². The lowest BCUT2D eigenvalue weighted by molar-refractivity contribution is 0.0530. The molecule has 0 bridgehead atoms. The first-order valence-electron chi connectivity index (χ1n) is 8.38. The van der Waals surface area contributed by atoms with Crippen LogP contribution < -0.4 is 4.74 Å². The summed E-state index contributed by atoms with van der Waals surface area (Å²) >= 11 is 0. The molecular formula is C19H23N3O3. The quantitative estimate of drug-likeness (QED) is 0.931. The number of piperazine rings is 1. The highest BCUT2D eigenvalue weighted by Crippen LogP contribution is 2.26. The van der Waals surface area contributed by atoms with Gasteiger partial charge in [0.2, 0.25) is 0 Å². The maximum Gasteiger partial charge on any atom is 0.270 e. The van der Waals surface area contributed by atoms with Crippen molar-refractivity contribution in [2.45, 2.75) is 13.8 Å². The number of amides is 2. The van der Waals surface area contributed by atoms with Crippen LogP contribution in [0.4, 0.5) is 0 Å². The number of hydrogen-bond acceptors (Lipinski definition) is 3. The minimum atomic E-state index is -0.0404. The number of nitrogens with zero attached hydrogens (tertiary/aromatic N) is 2. The van der Waals surface area contributed by atoms with Crippen LogP contribution in [0.25, 0.3) is 0 Å². The summed E-state index contributed by atoms with van der Waals surface area (Å²) in [6.07, 6.45) is 1.74. The van der Waals surface area contributed by atoms with Crippen molar-refractivity contribution in [1.82, 2.24) is 14.8 Å². The zero-order valence-corrected chi connectivity index (χ0v) is 14.8. The molecule has 0 spiro atoms. The molecular weight excluding hydrogens is 318 g/mol. The predicted octanol–water partition coefficient (Wildman–Crippen LogP) is 2.24. The molecule has 0 aliphatic carbocycles. The highest BCUT2D eigenvalue weighted by Gasteiger charge is 2.28. The maximum atomic E-state index is 13.0. The zero-order valence-electron chi connectivity index (χ0n) is 14.8. The summed E-state index contributed by atoms with van der Waals surface area (Å²) in [4.78, 5) is 31.8. The number of nitrogens with one attached hydrogen (secondary N) is 1. The number of hydrogen-bond donors (Lipinski definition) is 1. The van der Waals surface area contributed by atoms with Gasteiger partial charge in [-0.2, -0.15) is 0 Å². The van der Waals surface area contributed by atoms with Crippen LogP contribution >= 0.6 is 0 Å². The van der Waals surface area contributed by atoms with Gasteiger partial charge in [-0.15, -0.1) is 0 Å². The molecule has 0 saturated carbocycles. The van der Waals surface area contributed by atoms with Gasteiger partial charge in [-0.05, 0) is 43.2 Å². The van der Waals surface area contributed by atoms with Crippen LogP contribution in [0, 0.1) is 13.8 Å². The number of carbonyl (C=O) groups excluding carboxylic acids is 2. The summed E-state index contributed by atoms with van der Waals surface area (Å²) in [5.74, 6) is 0.537. The third-order valence-corrected chi connectivity index (χ3v) is 4.56. The Hall–Kier alpha value is -2.76. The van der Waals surface area contributed by atoms with Gasteiger partial charge in [0.15, 0.2) is 0 Å². The number of ether oxygens (including phenoxy) is 1. The first-order chi connectivity index (χ1) is 12.0. The lowest BCUT2D eigenvalue weighted by Crippen LogP contribution is -2.50. The van der Waals surface area contributed by atoms with E-state index in [0.29, 0.717) is 43.2 Å². The highest BCUT2D eigenvalue weighted by molar-refractivity contribution is 5.99. The first kappa shape index (κ1) is 17.1. The Kier molecular flexibility index (Phi) is 4.79. The molecule has 0 unspecified atom stereocenters. The van der Waals surface area contributed by atoms with E-state index < -0.39 is 0 Å². The Morgan fingerprint density at radius 1 is 1.04 bits per heavy atom. The van der Waals surface area contributed by atoms with E-state index in [4.69, 9.17) is 4.74 Å². The summed E-state index contributed by atoms with van der Waals surface area (Å²) in [6, 6.07) is 7.44. The van der Waals surface area contributed by atoms with Gasteiger partial charge >= 0.3 is 0 Å². The van der Waals surface area contributed by atoms with E-state index in [1.165, 1.54) is 0 Å². The number of aromatic nitrogens is 1. The van der Waals surface area contributed by atoms with Crippen LogP contribution in [-0.2, 0) is 0 Å². The normalized spacial score (nSPS) is 14.5. The van der Waals surface area contributed by atoms with Crippen molar-refractivity contribution in [2.75, 3.05) is 33.3 Å². The average molecular weight is 341 g/mol. The van der Waals surface area contributed by atoms with Crippen molar-refractivity contribution < 1.29 is 14.3 Å². The van der Waals surface area contributed by atoms with Crippen LogP contribution in [0.5, 0.6) is 5.75 Å². The van der Waals surface area contributed by atoms with Crippen molar-refractivity contribution in [1.29, 1.82) is 0 Å². The number of rotatable bonds is 3. The molecule has 1 saturated heterocycles. The van der Waals surface area contributed by atoms with Gasteiger partial charge in [-0.1, -0.05) is 6.07 Å². The number of carbonyl (C=O) groups is 2. The van der Waals surface area contributed by atoms with Crippen LogP contribution in [0.1, 0.15) is 32.0 Å². The third-order valence-electron chi connectivity index (χ3n) is 4.56. The van der Waals surface area contributed by atoms with Crippen LogP contribution in [0.2, 0.25) is 0 Å². The van der Waals surface area contributed by atoms with E-state index >= 15 is 0 Å². The molecule has 1 aliphatic heterocycles. The topological polar surface area (TPSA) is 65.6 Å². The van der Waals surface area contributed by atoms with Crippen LogP contribution in [0.15, 0.2) is 30.5 Å². The van der Waals surface area contributed by atoms with Gasteiger partial charge in [0.05, 0.1) is 12.7 Å². The molecule has 2 heterocycles. The molecule has 0 atom stereocenters. The summed E-state index contributed by atoms with van der Waals surface area (Å²) in [7, 11) is 1.58. The number of aryl methyl sites for hydroxylation is 2. The van der Waals surface area contributed by atoms with Gasteiger partial charge < -0.3 is 19.5 Å². The summed E-state index contributed by atoms with van der Waals surface area (Å²) in [5.41, 5.74) is 3.16. The van der Waals surface area contributed by atoms with Crippen molar-refractivity contribution >= 4 is 11.8 Å². The zero-order chi connectivity index (χ0) is 18.0. The van der Waals surface area contributed by atoms with Crippen molar-refractivity contribution in [3.63, 3.8) is 0 Å². The Labute approximate surface area is 147 Å². The van der Waals surface area contributed by atoms with Crippen LogP contribution in [-0.4, -0.2) is 59.9 Å². The van der Waals surface area contributed by atoms with Gasteiger partial charge in [0.25, 0.3) is 11.8 Å². The SMILES string of the molecule is COc1cc(C)cc(C)c1C(=O)N1CCN(C(=O)c2ccc[nH]2)CC1. The molecule has 132 valence electrons. The first-order valence-corrected chi connectivity index (χ1v) is 8.38. The van der Waals surface area contributed by atoms with Gasteiger partial charge in [-0.25, -0.2) is 0 Å². The molecule has 2 aromatic rings. The predicted molar refractivity (Wildman–Crippen MR) is 95.1 cm³/mol. The fourth-order valence-corrected chi connectivity index (χ4v) is 3.27. The summed E-state index contributed by atoms with van der Waals surface area (Å²) in [6.45, 7) is 5.99. The summed E-state index contributed by atoms with van der Waals surface area (Å²) in [5, 5.41) is 0. The van der Waals surface area contributed by atoms with Gasteiger partial charge in [0, 0.05) is 32.4 Å². The maximum absolute atomic E-state index is 13.0. The Morgan fingerprint density at radius 2 is 1.68 bits per heavy atom. The number of benzene rings is 1. The standard InChI is InChI=1S/C19H23N3O3/c1-13-11-14(2)17(16(12-13)25-3)19(24)22-9-7-21(8-10-22)18(23)15-5-4-6-20-15/h4-6,11-12,20H,7-10H2,1-3H3. The lowest BCUT2D eigenvalue weighted by atomic mass is 10.0. The molecule has 1 fully saturated rings. The number of methoxy groups -OCH3 is 1. The second kappa shape index (κ2) is 7.01. The molecule has 3 rings (SSSR count). The molecule has 1 N–H and O–H groups in total. The Morgan fingerprint density at radius 3 is 2.24 bits per heavy atom. The molecule has 2 amide bonds. The molecule has 6 nitrogen and oxygen atoms in total. The fraction of sp³-hybridized carbons (Fsp3) is 0.368. The highest BCUT2D eigenvalue weighted by atomic mass is 16.5. The fourth-order valence-electron chi connectivity index (χ4n) is 3.27. The molecule has 1 aromatic heterocycles. The summed E-state index contributed by atoms with van der Waals surface area (Å²) < 4.78 is 5.41. The largest absolute Gasteiger partial charge is 0.496 e. The van der Waals surface area contributed by atoms with E-state index in [1.807, 2.05) is 26.0 Å². The van der Waals surface area contributed by atoms with Crippen molar-refractivity contribution in [2.24, 2.45) is 0 Å².